The van der Waals surface area contributed by atoms with Crippen LogP contribution in [-0.2, 0) is 17.1 Å². The second-order valence-electron chi connectivity index (χ2n) is 5.64. The summed E-state index contributed by atoms with van der Waals surface area (Å²) in [6.07, 6.45) is 2.81. The first-order valence-corrected chi connectivity index (χ1v) is 7.82. The van der Waals surface area contributed by atoms with Crippen molar-refractivity contribution < 1.29 is 23.0 Å². The number of para-hydroxylation sites is 1. The van der Waals surface area contributed by atoms with Crippen LogP contribution >= 0.6 is 0 Å². The summed E-state index contributed by atoms with van der Waals surface area (Å²) in [5, 5.41) is 4.02. The lowest BCUT2D eigenvalue weighted by Gasteiger charge is -2.22. The number of fused-ring (bicyclic) bond motifs is 1. The molecular formula is C17H18F2N2O3. The summed E-state index contributed by atoms with van der Waals surface area (Å²) in [5.41, 5.74) is 0.609. The molecule has 24 heavy (non-hydrogen) atoms. The maximum Gasteiger partial charge on any atom is 0.341 e. The fourth-order valence-electron chi connectivity index (χ4n) is 2.85. The van der Waals surface area contributed by atoms with E-state index in [1.165, 1.54) is 0 Å². The van der Waals surface area contributed by atoms with Crippen molar-refractivity contribution in [2.75, 3.05) is 13.2 Å². The fourth-order valence-corrected chi connectivity index (χ4v) is 2.85. The van der Waals surface area contributed by atoms with E-state index in [0.717, 1.165) is 36.2 Å². The van der Waals surface area contributed by atoms with E-state index in [1.807, 2.05) is 6.07 Å². The first-order chi connectivity index (χ1) is 11.4. The van der Waals surface area contributed by atoms with Gasteiger partial charge in [-0.25, -0.2) is 9.48 Å². The molecule has 1 aliphatic rings. The SMILES string of the molecule is CCOC(=O)c1cnn(-c2cccc3c2OCCC3)c1C(C)(F)F. The number of aryl methyl sites for hydroxylation is 1. The molecule has 0 radical (unpaired) electrons. The summed E-state index contributed by atoms with van der Waals surface area (Å²) in [5.74, 6) is -3.55. The number of aromatic nitrogens is 2. The van der Waals surface area contributed by atoms with E-state index in [4.69, 9.17) is 9.47 Å². The number of hydrogen-bond acceptors (Lipinski definition) is 4. The number of carbonyl (C=O) groups excluding carboxylic acids is 1. The van der Waals surface area contributed by atoms with Gasteiger partial charge < -0.3 is 9.47 Å². The number of esters is 1. The van der Waals surface area contributed by atoms with E-state index < -0.39 is 17.6 Å². The van der Waals surface area contributed by atoms with Crippen LogP contribution in [0, 0.1) is 0 Å². The van der Waals surface area contributed by atoms with E-state index in [-0.39, 0.29) is 12.2 Å². The van der Waals surface area contributed by atoms with Gasteiger partial charge >= 0.3 is 5.97 Å². The predicted octanol–water partition coefficient (Wildman–Crippen LogP) is 3.49. The maximum absolute atomic E-state index is 14.2. The number of hydrogen-bond donors (Lipinski definition) is 0. The minimum Gasteiger partial charge on any atom is -0.491 e. The van der Waals surface area contributed by atoms with Gasteiger partial charge in [-0.3, -0.25) is 0 Å². The molecule has 0 aliphatic carbocycles. The summed E-state index contributed by atoms with van der Waals surface area (Å²) >= 11 is 0. The second kappa shape index (κ2) is 6.22. The molecule has 0 fully saturated rings. The highest BCUT2D eigenvalue weighted by molar-refractivity contribution is 5.91. The van der Waals surface area contributed by atoms with Crippen molar-refractivity contribution in [1.82, 2.24) is 9.78 Å². The Morgan fingerprint density at radius 1 is 1.46 bits per heavy atom. The number of alkyl halides is 2. The normalized spacial score (nSPS) is 14.0. The minimum atomic E-state index is -3.27. The van der Waals surface area contributed by atoms with E-state index >= 15 is 0 Å². The monoisotopic (exact) mass is 336 g/mol. The molecule has 5 nitrogen and oxygen atoms in total. The van der Waals surface area contributed by atoms with Crippen LogP contribution < -0.4 is 4.74 Å². The Hall–Kier alpha value is -2.44. The van der Waals surface area contributed by atoms with Gasteiger partial charge in [0.2, 0.25) is 0 Å². The number of rotatable bonds is 4. The van der Waals surface area contributed by atoms with Crippen molar-refractivity contribution in [2.24, 2.45) is 0 Å². The summed E-state index contributed by atoms with van der Waals surface area (Å²) in [7, 11) is 0. The van der Waals surface area contributed by atoms with Crippen molar-refractivity contribution in [2.45, 2.75) is 32.6 Å². The average Bonchev–Trinajstić information content (AvgIpc) is 3.00. The first kappa shape index (κ1) is 16.4. The Morgan fingerprint density at radius 2 is 2.25 bits per heavy atom. The van der Waals surface area contributed by atoms with E-state index in [1.54, 1.807) is 19.1 Å². The molecule has 0 spiro atoms. The fraction of sp³-hybridized carbons (Fsp3) is 0.412. The molecule has 0 saturated heterocycles. The third kappa shape index (κ3) is 2.86. The zero-order valence-corrected chi connectivity index (χ0v) is 13.5. The molecule has 0 bridgehead atoms. The van der Waals surface area contributed by atoms with Crippen molar-refractivity contribution >= 4 is 5.97 Å². The molecule has 0 saturated carbocycles. The van der Waals surface area contributed by atoms with Gasteiger partial charge in [0, 0.05) is 6.92 Å². The van der Waals surface area contributed by atoms with Crippen LogP contribution in [0.3, 0.4) is 0 Å². The first-order valence-electron chi connectivity index (χ1n) is 7.82. The standard InChI is InChI=1S/C17H18F2N2O3/c1-3-23-16(22)12-10-20-21(15(12)17(2,18)19)13-8-4-6-11-7-5-9-24-14(11)13/h4,6,8,10H,3,5,7,9H2,1-2H3. The maximum atomic E-state index is 14.2. The smallest absolute Gasteiger partial charge is 0.341 e. The molecule has 0 unspecified atom stereocenters. The zero-order valence-electron chi connectivity index (χ0n) is 13.5. The van der Waals surface area contributed by atoms with Crippen LogP contribution in [0.2, 0.25) is 0 Å². The molecule has 1 aromatic heterocycles. The van der Waals surface area contributed by atoms with Crippen molar-refractivity contribution in [3.05, 3.63) is 41.2 Å². The van der Waals surface area contributed by atoms with Crippen LogP contribution in [0.4, 0.5) is 8.78 Å². The topological polar surface area (TPSA) is 53.3 Å². The second-order valence-corrected chi connectivity index (χ2v) is 5.64. The molecule has 1 aromatic carbocycles. The number of carbonyl (C=O) groups is 1. The van der Waals surface area contributed by atoms with Crippen molar-refractivity contribution in [1.29, 1.82) is 0 Å². The van der Waals surface area contributed by atoms with Crippen molar-refractivity contribution in [3.8, 4) is 11.4 Å². The number of benzene rings is 1. The lowest BCUT2D eigenvalue weighted by molar-refractivity contribution is 0.00746. The van der Waals surface area contributed by atoms with Crippen LogP contribution in [0.1, 0.15) is 41.9 Å². The van der Waals surface area contributed by atoms with Crippen LogP contribution in [0.5, 0.6) is 5.75 Å². The number of ether oxygens (including phenoxy) is 2. The quantitative estimate of drug-likeness (QED) is 0.802. The van der Waals surface area contributed by atoms with Crippen molar-refractivity contribution in [3.63, 3.8) is 0 Å². The molecule has 2 aromatic rings. The van der Waals surface area contributed by atoms with Crippen LogP contribution in [0.25, 0.3) is 5.69 Å². The Labute approximate surface area is 138 Å². The summed E-state index contributed by atoms with van der Waals surface area (Å²) < 4.78 is 40.1. The number of nitrogens with zero attached hydrogens (tertiary/aromatic N) is 2. The van der Waals surface area contributed by atoms with E-state index in [0.29, 0.717) is 18.0 Å². The largest absolute Gasteiger partial charge is 0.491 e. The summed E-state index contributed by atoms with van der Waals surface area (Å²) in [4.78, 5) is 12.0. The molecule has 0 atom stereocenters. The highest BCUT2D eigenvalue weighted by atomic mass is 19.3. The molecular weight excluding hydrogens is 318 g/mol. The molecule has 128 valence electrons. The van der Waals surface area contributed by atoms with Crippen LogP contribution in [0.15, 0.2) is 24.4 Å². The molecule has 1 aliphatic heterocycles. The van der Waals surface area contributed by atoms with Gasteiger partial charge in [-0.15, -0.1) is 0 Å². The highest BCUT2D eigenvalue weighted by Crippen LogP contribution is 2.37. The number of halogens is 2. The van der Waals surface area contributed by atoms with Gasteiger partial charge in [0.25, 0.3) is 5.92 Å². The van der Waals surface area contributed by atoms with Gasteiger partial charge in [-0.1, -0.05) is 12.1 Å². The van der Waals surface area contributed by atoms with Gasteiger partial charge in [-0.05, 0) is 31.4 Å². The Kier molecular flexibility index (Phi) is 4.26. The average molecular weight is 336 g/mol. The molecule has 2 heterocycles. The molecule has 0 amide bonds. The molecule has 7 heteroatoms. The highest BCUT2D eigenvalue weighted by Gasteiger charge is 2.37. The summed E-state index contributed by atoms with van der Waals surface area (Å²) in [6.45, 7) is 2.98. The Bertz CT molecular complexity index is 766. The summed E-state index contributed by atoms with van der Waals surface area (Å²) in [6, 6.07) is 5.32. The lowest BCUT2D eigenvalue weighted by atomic mass is 10.0. The molecule has 0 N–H and O–H groups in total. The van der Waals surface area contributed by atoms with Gasteiger partial charge in [0.15, 0.2) is 0 Å². The predicted molar refractivity (Wildman–Crippen MR) is 82.9 cm³/mol. The minimum absolute atomic E-state index is 0.0998. The van der Waals surface area contributed by atoms with Gasteiger partial charge in [-0.2, -0.15) is 13.9 Å². The third-order valence-electron chi connectivity index (χ3n) is 3.82. The lowest BCUT2D eigenvalue weighted by Crippen LogP contribution is -2.20. The van der Waals surface area contributed by atoms with E-state index in [2.05, 4.69) is 5.10 Å². The molecule has 3 rings (SSSR count). The van der Waals surface area contributed by atoms with Crippen LogP contribution in [-0.4, -0.2) is 29.0 Å². The third-order valence-corrected chi connectivity index (χ3v) is 3.82. The Balaban J connectivity index is 2.18. The van der Waals surface area contributed by atoms with Gasteiger partial charge in [0.05, 0.1) is 19.4 Å². The Morgan fingerprint density at radius 3 is 2.96 bits per heavy atom. The van der Waals surface area contributed by atoms with Gasteiger partial charge in [0.1, 0.15) is 22.7 Å². The zero-order chi connectivity index (χ0) is 17.3. The van der Waals surface area contributed by atoms with E-state index in [9.17, 15) is 13.6 Å².